The summed E-state index contributed by atoms with van der Waals surface area (Å²) in [5.74, 6) is 0. The second-order valence-electron chi connectivity index (χ2n) is 6.89. The van der Waals surface area contributed by atoms with Gasteiger partial charge in [-0.15, -0.1) is 0 Å². The first-order valence-electron chi connectivity index (χ1n) is 7.50. The molecular weight excluding hydrogens is 264 g/mol. The Bertz CT molecular complexity index is 382. The third-order valence-electron chi connectivity index (χ3n) is 3.44. The molecule has 0 unspecified atom stereocenters. The molecule has 0 aliphatic heterocycles. The first kappa shape index (κ1) is 16.7. The van der Waals surface area contributed by atoms with E-state index < -0.39 is 16.6 Å². The molecule has 0 aromatic heterocycles. The van der Waals surface area contributed by atoms with Gasteiger partial charge in [0.2, 0.25) is 0 Å². The van der Waals surface area contributed by atoms with Crippen LogP contribution in [-0.4, -0.2) is 16.6 Å². The zero-order chi connectivity index (χ0) is 14.5. The number of benzene rings is 1. The highest BCUT2D eigenvalue weighted by atomic mass is 28.4. The molecule has 0 aliphatic rings. The molecule has 0 N–H and O–H groups in total. The molecule has 1 aromatic rings. The first-order chi connectivity index (χ1) is 8.74. The molecule has 0 saturated heterocycles. The summed E-state index contributed by atoms with van der Waals surface area (Å²) in [5.41, 5.74) is 2.77. The van der Waals surface area contributed by atoms with E-state index in [1.807, 2.05) is 0 Å². The SMILES string of the molecule is CCCC[Si](C)(C)O[Si](C)(C)Cc1ccc(C)cc1. The van der Waals surface area contributed by atoms with Crippen LogP contribution in [-0.2, 0) is 10.2 Å². The Hall–Kier alpha value is -0.386. The van der Waals surface area contributed by atoms with Gasteiger partial charge in [-0.1, -0.05) is 49.6 Å². The Balaban J connectivity index is 2.62. The van der Waals surface area contributed by atoms with Crippen molar-refractivity contribution in [2.24, 2.45) is 0 Å². The molecule has 108 valence electrons. The van der Waals surface area contributed by atoms with Crippen molar-refractivity contribution in [1.82, 2.24) is 0 Å². The topological polar surface area (TPSA) is 9.23 Å². The molecule has 0 heterocycles. The van der Waals surface area contributed by atoms with Crippen LogP contribution >= 0.6 is 0 Å². The standard InChI is InChI=1S/C16H30OSi2/c1-7-8-13-18(3,4)17-19(5,6)14-16-11-9-15(2)10-12-16/h9-12H,7-8,13-14H2,1-6H3. The van der Waals surface area contributed by atoms with E-state index in [4.69, 9.17) is 4.12 Å². The van der Waals surface area contributed by atoms with Crippen molar-refractivity contribution in [2.45, 2.75) is 65.0 Å². The Labute approximate surface area is 121 Å². The largest absolute Gasteiger partial charge is 0.455 e. The normalized spacial score (nSPS) is 12.7. The number of hydrogen-bond acceptors (Lipinski definition) is 1. The lowest BCUT2D eigenvalue weighted by atomic mass is 10.2. The average Bonchev–Trinajstić information content (AvgIpc) is 2.28. The minimum absolute atomic E-state index is 1.13. The van der Waals surface area contributed by atoms with Crippen molar-refractivity contribution in [1.29, 1.82) is 0 Å². The van der Waals surface area contributed by atoms with Gasteiger partial charge < -0.3 is 4.12 Å². The van der Waals surface area contributed by atoms with Crippen LogP contribution in [0.4, 0.5) is 0 Å². The first-order valence-corrected chi connectivity index (χ1v) is 13.7. The van der Waals surface area contributed by atoms with Gasteiger partial charge in [-0.2, -0.15) is 0 Å². The summed E-state index contributed by atoms with van der Waals surface area (Å²) < 4.78 is 6.64. The van der Waals surface area contributed by atoms with Gasteiger partial charge in [0.05, 0.1) is 0 Å². The lowest BCUT2D eigenvalue weighted by molar-refractivity contribution is 0.533. The highest BCUT2D eigenvalue weighted by Crippen LogP contribution is 2.23. The lowest BCUT2D eigenvalue weighted by Gasteiger charge is -2.34. The Morgan fingerprint density at radius 2 is 1.53 bits per heavy atom. The van der Waals surface area contributed by atoms with Crippen LogP contribution < -0.4 is 0 Å². The van der Waals surface area contributed by atoms with Crippen molar-refractivity contribution in [3.05, 3.63) is 35.4 Å². The Morgan fingerprint density at radius 3 is 2.05 bits per heavy atom. The van der Waals surface area contributed by atoms with Crippen molar-refractivity contribution in [3.8, 4) is 0 Å². The Kier molecular flexibility index (Phi) is 6.02. The van der Waals surface area contributed by atoms with Crippen molar-refractivity contribution in [2.75, 3.05) is 0 Å². The summed E-state index contributed by atoms with van der Waals surface area (Å²) in [6.07, 6.45) is 2.59. The van der Waals surface area contributed by atoms with Crippen molar-refractivity contribution < 1.29 is 4.12 Å². The lowest BCUT2D eigenvalue weighted by Crippen LogP contribution is -2.46. The van der Waals surface area contributed by atoms with E-state index in [9.17, 15) is 0 Å². The number of unbranched alkanes of at least 4 members (excludes halogenated alkanes) is 1. The third-order valence-corrected chi connectivity index (χ3v) is 10.7. The fourth-order valence-corrected chi connectivity index (χ4v) is 11.7. The minimum atomic E-state index is -1.59. The molecule has 1 rings (SSSR count). The van der Waals surface area contributed by atoms with Crippen LogP contribution in [0.3, 0.4) is 0 Å². The maximum atomic E-state index is 6.64. The fourth-order valence-electron chi connectivity index (χ4n) is 2.64. The molecule has 19 heavy (non-hydrogen) atoms. The van der Waals surface area contributed by atoms with Gasteiger partial charge in [0.1, 0.15) is 0 Å². The Morgan fingerprint density at radius 1 is 0.947 bits per heavy atom. The molecule has 0 aliphatic carbocycles. The van der Waals surface area contributed by atoms with Crippen LogP contribution in [0.5, 0.6) is 0 Å². The molecule has 3 heteroatoms. The number of aryl methyl sites for hydroxylation is 1. The molecule has 0 fully saturated rings. The second-order valence-corrected chi connectivity index (χ2v) is 15.6. The van der Waals surface area contributed by atoms with E-state index >= 15 is 0 Å². The van der Waals surface area contributed by atoms with Gasteiger partial charge >= 0.3 is 0 Å². The molecule has 1 nitrogen and oxygen atoms in total. The maximum absolute atomic E-state index is 6.64. The average molecular weight is 295 g/mol. The quantitative estimate of drug-likeness (QED) is 0.620. The molecule has 0 radical (unpaired) electrons. The van der Waals surface area contributed by atoms with Gasteiger partial charge in [0.15, 0.2) is 16.6 Å². The maximum Gasteiger partial charge on any atom is 0.177 e. The molecule has 0 atom stereocenters. The van der Waals surface area contributed by atoms with Gasteiger partial charge in [-0.3, -0.25) is 0 Å². The van der Waals surface area contributed by atoms with Gasteiger partial charge in [0, 0.05) is 0 Å². The van der Waals surface area contributed by atoms with Gasteiger partial charge in [-0.05, 0) is 50.8 Å². The molecule has 1 aromatic carbocycles. The summed E-state index contributed by atoms with van der Waals surface area (Å²) in [6.45, 7) is 13.9. The van der Waals surface area contributed by atoms with E-state index in [2.05, 4.69) is 64.3 Å². The van der Waals surface area contributed by atoms with Crippen LogP contribution in [0, 0.1) is 6.92 Å². The van der Waals surface area contributed by atoms with Crippen molar-refractivity contribution in [3.63, 3.8) is 0 Å². The smallest absolute Gasteiger partial charge is 0.177 e. The number of hydrogen-bond donors (Lipinski definition) is 0. The molecule has 0 bridgehead atoms. The third kappa shape index (κ3) is 6.55. The molecule has 0 amide bonds. The van der Waals surface area contributed by atoms with Crippen molar-refractivity contribution >= 4 is 16.6 Å². The number of rotatable bonds is 7. The van der Waals surface area contributed by atoms with E-state index in [1.54, 1.807) is 0 Å². The highest BCUT2D eigenvalue weighted by Gasteiger charge is 2.32. The summed E-state index contributed by atoms with van der Waals surface area (Å²) >= 11 is 0. The van der Waals surface area contributed by atoms with Crippen LogP contribution in [0.2, 0.25) is 32.2 Å². The molecule has 0 spiro atoms. The highest BCUT2D eigenvalue weighted by molar-refractivity contribution is 6.84. The van der Waals surface area contributed by atoms with Crippen LogP contribution in [0.15, 0.2) is 24.3 Å². The van der Waals surface area contributed by atoms with Crippen LogP contribution in [0.1, 0.15) is 30.9 Å². The minimum Gasteiger partial charge on any atom is -0.455 e. The predicted octanol–water partition coefficient (Wildman–Crippen LogP) is 5.30. The van der Waals surface area contributed by atoms with Crippen LogP contribution in [0.25, 0.3) is 0 Å². The van der Waals surface area contributed by atoms with E-state index in [0.717, 1.165) is 6.04 Å². The molecular formula is C16H30OSi2. The van der Waals surface area contributed by atoms with Gasteiger partial charge in [0.25, 0.3) is 0 Å². The molecule has 0 saturated carbocycles. The summed E-state index contributed by atoms with van der Waals surface area (Å²) in [4.78, 5) is 0. The summed E-state index contributed by atoms with van der Waals surface area (Å²) in [5, 5.41) is 0. The zero-order valence-electron chi connectivity index (χ0n) is 13.5. The monoisotopic (exact) mass is 294 g/mol. The van der Waals surface area contributed by atoms with E-state index in [1.165, 1.54) is 30.0 Å². The zero-order valence-corrected chi connectivity index (χ0v) is 15.5. The second kappa shape index (κ2) is 6.86. The van der Waals surface area contributed by atoms with E-state index in [-0.39, 0.29) is 0 Å². The van der Waals surface area contributed by atoms with Gasteiger partial charge in [-0.25, -0.2) is 0 Å². The summed E-state index contributed by atoms with van der Waals surface area (Å²) in [7, 11) is -3.05. The fraction of sp³-hybridized carbons (Fsp3) is 0.625. The van der Waals surface area contributed by atoms with E-state index in [0.29, 0.717) is 0 Å². The predicted molar refractivity (Wildman–Crippen MR) is 90.6 cm³/mol. The summed E-state index contributed by atoms with van der Waals surface area (Å²) in [6, 6.07) is 11.4.